The van der Waals surface area contributed by atoms with E-state index in [2.05, 4.69) is 10.4 Å². The van der Waals surface area contributed by atoms with Crippen molar-refractivity contribution < 1.29 is 26.4 Å². The summed E-state index contributed by atoms with van der Waals surface area (Å²) in [7, 11) is -3.94. The van der Waals surface area contributed by atoms with E-state index < -0.39 is 27.8 Å². The van der Waals surface area contributed by atoms with E-state index in [-0.39, 0.29) is 10.5 Å². The van der Waals surface area contributed by atoms with Gasteiger partial charge in [0.05, 0.1) is 10.6 Å². The number of fused-ring (bicyclic) bond motifs is 1. The zero-order chi connectivity index (χ0) is 21.7. The molecule has 7 nitrogen and oxygen atoms in total. The largest absolute Gasteiger partial charge is 0.435 e. The van der Waals surface area contributed by atoms with E-state index in [1.807, 2.05) is 0 Å². The van der Waals surface area contributed by atoms with E-state index in [1.54, 1.807) is 30.3 Å². The average Bonchev–Trinajstić information content (AvgIpc) is 3.27. The molecule has 3 N–H and O–H groups in total. The number of halogens is 3. The van der Waals surface area contributed by atoms with Crippen molar-refractivity contribution in [2.45, 2.75) is 11.1 Å². The predicted molar refractivity (Wildman–Crippen MR) is 103 cm³/mol. The summed E-state index contributed by atoms with van der Waals surface area (Å²) in [4.78, 5) is 12.2. The molecule has 11 heteroatoms. The zero-order valence-electron chi connectivity index (χ0n) is 15.0. The van der Waals surface area contributed by atoms with E-state index in [9.17, 15) is 26.4 Å². The Bertz CT molecular complexity index is 1290. The number of benzene rings is 2. The Kier molecular flexibility index (Phi) is 4.51. The van der Waals surface area contributed by atoms with Crippen molar-refractivity contribution in [3.63, 3.8) is 0 Å². The first kappa shape index (κ1) is 19.9. The van der Waals surface area contributed by atoms with Gasteiger partial charge < -0.3 is 5.32 Å². The number of amides is 1. The molecule has 0 spiro atoms. The van der Waals surface area contributed by atoms with Crippen LogP contribution in [0, 0.1) is 0 Å². The number of anilines is 1. The van der Waals surface area contributed by atoms with Gasteiger partial charge in [-0.05, 0) is 48.0 Å². The van der Waals surface area contributed by atoms with Gasteiger partial charge in [-0.2, -0.15) is 18.3 Å². The van der Waals surface area contributed by atoms with Gasteiger partial charge >= 0.3 is 6.18 Å². The molecule has 1 aromatic heterocycles. The molecule has 4 rings (SSSR count). The van der Waals surface area contributed by atoms with Crippen LogP contribution in [0.3, 0.4) is 0 Å². The highest BCUT2D eigenvalue weighted by Crippen LogP contribution is 2.34. The number of primary sulfonamides is 1. The van der Waals surface area contributed by atoms with Gasteiger partial charge in [0.1, 0.15) is 0 Å². The SMILES string of the molecule is NS(=O)(=O)c1ccc2c(c1)/C(=C\c1ccc(-n3ccc(C(F)(F)F)n3)cc1)C(=O)N2. The molecule has 1 amide bonds. The van der Waals surface area contributed by atoms with Gasteiger partial charge in [0, 0.05) is 23.0 Å². The lowest BCUT2D eigenvalue weighted by molar-refractivity contribution is -0.141. The molecule has 2 heterocycles. The monoisotopic (exact) mass is 434 g/mol. The molecule has 2 aromatic carbocycles. The van der Waals surface area contributed by atoms with Gasteiger partial charge in [-0.25, -0.2) is 18.2 Å². The Morgan fingerprint density at radius 1 is 1.07 bits per heavy atom. The first-order chi connectivity index (χ1) is 14.0. The molecule has 30 heavy (non-hydrogen) atoms. The van der Waals surface area contributed by atoms with Crippen LogP contribution in [0.25, 0.3) is 17.3 Å². The Labute approximate surface area is 168 Å². The maximum atomic E-state index is 12.7. The van der Waals surface area contributed by atoms with E-state index in [0.717, 1.165) is 10.7 Å². The zero-order valence-corrected chi connectivity index (χ0v) is 15.8. The lowest BCUT2D eigenvalue weighted by Gasteiger charge is -2.05. The summed E-state index contributed by atoms with van der Waals surface area (Å²) < 4.78 is 62.4. The number of aromatic nitrogens is 2. The molecule has 0 saturated heterocycles. The van der Waals surface area contributed by atoms with Gasteiger partial charge in [0.25, 0.3) is 5.91 Å². The summed E-state index contributed by atoms with van der Waals surface area (Å²) in [5.41, 5.74) is 1.06. The van der Waals surface area contributed by atoms with E-state index in [4.69, 9.17) is 5.14 Å². The smallest absolute Gasteiger partial charge is 0.321 e. The van der Waals surface area contributed by atoms with Crippen molar-refractivity contribution in [1.29, 1.82) is 0 Å². The number of rotatable bonds is 3. The second-order valence-corrected chi connectivity index (χ2v) is 8.06. The second kappa shape index (κ2) is 6.82. The second-order valence-electron chi connectivity index (χ2n) is 6.50. The summed E-state index contributed by atoms with van der Waals surface area (Å²) >= 11 is 0. The molecule has 1 aliphatic heterocycles. The van der Waals surface area contributed by atoms with Crippen molar-refractivity contribution in [2.75, 3.05) is 5.32 Å². The summed E-state index contributed by atoms with van der Waals surface area (Å²) in [5.74, 6) is -0.414. The molecular formula is C19H13F3N4O3S. The minimum Gasteiger partial charge on any atom is -0.321 e. The minimum absolute atomic E-state index is 0.127. The highest BCUT2D eigenvalue weighted by Gasteiger charge is 2.33. The molecule has 154 valence electrons. The van der Waals surface area contributed by atoms with Crippen molar-refractivity contribution in [1.82, 2.24) is 9.78 Å². The number of nitrogens with zero attached hydrogens (tertiary/aromatic N) is 2. The fraction of sp³-hybridized carbons (Fsp3) is 0.0526. The maximum absolute atomic E-state index is 12.7. The fourth-order valence-electron chi connectivity index (χ4n) is 3.00. The lowest BCUT2D eigenvalue weighted by atomic mass is 10.0. The van der Waals surface area contributed by atoms with Crippen LogP contribution in [-0.4, -0.2) is 24.1 Å². The quantitative estimate of drug-likeness (QED) is 0.618. The third-order valence-electron chi connectivity index (χ3n) is 4.45. The molecule has 0 bridgehead atoms. The Morgan fingerprint density at radius 2 is 1.77 bits per heavy atom. The van der Waals surface area contributed by atoms with Crippen molar-refractivity contribution >= 4 is 33.3 Å². The van der Waals surface area contributed by atoms with Crippen molar-refractivity contribution in [3.8, 4) is 5.69 Å². The number of nitrogens with two attached hydrogens (primary N) is 1. The third kappa shape index (κ3) is 3.72. The molecule has 1 aliphatic rings. The Hall–Kier alpha value is -3.44. The van der Waals surface area contributed by atoms with Crippen LogP contribution in [0.2, 0.25) is 0 Å². The molecule has 0 radical (unpaired) electrons. The average molecular weight is 434 g/mol. The molecule has 3 aromatic rings. The molecule has 0 fully saturated rings. The van der Waals surface area contributed by atoms with Crippen molar-refractivity contribution in [2.24, 2.45) is 5.14 Å². The number of hydrogen-bond donors (Lipinski definition) is 2. The Morgan fingerprint density at radius 3 is 2.37 bits per heavy atom. The lowest BCUT2D eigenvalue weighted by Crippen LogP contribution is -2.12. The summed E-state index contributed by atoms with van der Waals surface area (Å²) in [6, 6.07) is 11.2. The highest BCUT2D eigenvalue weighted by molar-refractivity contribution is 7.89. The first-order valence-electron chi connectivity index (χ1n) is 8.46. The highest BCUT2D eigenvalue weighted by atomic mass is 32.2. The van der Waals surface area contributed by atoms with Gasteiger partial charge in [-0.3, -0.25) is 4.79 Å². The topological polar surface area (TPSA) is 107 Å². The van der Waals surface area contributed by atoms with Gasteiger partial charge in [0.15, 0.2) is 5.69 Å². The van der Waals surface area contributed by atoms with Gasteiger partial charge in [0.2, 0.25) is 10.0 Å². The molecule has 0 atom stereocenters. The summed E-state index contributed by atoms with van der Waals surface area (Å²) in [6.07, 6.45) is -1.79. The van der Waals surface area contributed by atoms with Gasteiger partial charge in [-0.15, -0.1) is 0 Å². The van der Waals surface area contributed by atoms with E-state index >= 15 is 0 Å². The van der Waals surface area contributed by atoms with Crippen molar-refractivity contribution in [3.05, 3.63) is 71.5 Å². The van der Waals surface area contributed by atoms with Crippen LogP contribution in [0.1, 0.15) is 16.8 Å². The van der Waals surface area contributed by atoms with Crippen LogP contribution < -0.4 is 10.5 Å². The normalized spacial score (nSPS) is 15.3. The van der Waals surface area contributed by atoms with E-state index in [0.29, 0.717) is 22.5 Å². The van der Waals surface area contributed by atoms with E-state index in [1.165, 1.54) is 24.4 Å². The maximum Gasteiger partial charge on any atom is 0.435 e. The third-order valence-corrected chi connectivity index (χ3v) is 5.36. The van der Waals surface area contributed by atoms with Crippen LogP contribution in [0.4, 0.5) is 18.9 Å². The number of carbonyl (C=O) groups is 1. The molecule has 0 aliphatic carbocycles. The van der Waals surface area contributed by atoms with Crippen LogP contribution in [0.15, 0.2) is 59.6 Å². The van der Waals surface area contributed by atoms with Crippen LogP contribution in [-0.2, 0) is 21.0 Å². The molecular weight excluding hydrogens is 421 g/mol. The summed E-state index contributed by atoms with van der Waals surface area (Å²) in [5, 5.41) is 11.3. The standard InChI is InChI=1S/C19H13F3N4O3S/c20-19(21,22)17-7-8-26(25-17)12-3-1-11(2-4-12)9-15-14-10-13(30(23,28)29)5-6-16(14)24-18(15)27/h1-10H,(H,24,27)(H2,23,28,29)/b15-9+. The predicted octanol–water partition coefficient (Wildman–Crippen LogP) is 3.03. The fourth-order valence-corrected chi connectivity index (χ4v) is 3.54. The van der Waals surface area contributed by atoms with Crippen LogP contribution >= 0.6 is 0 Å². The Balaban J connectivity index is 1.67. The number of alkyl halides is 3. The van der Waals surface area contributed by atoms with Gasteiger partial charge in [-0.1, -0.05) is 12.1 Å². The molecule has 0 saturated carbocycles. The number of carbonyl (C=O) groups excluding carboxylic acids is 1. The van der Waals surface area contributed by atoms with Crippen LogP contribution in [0.5, 0.6) is 0 Å². The summed E-state index contributed by atoms with van der Waals surface area (Å²) in [6.45, 7) is 0. The number of hydrogen-bond acceptors (Lipinski definition) is 4. The minimum atomic E-state index is -4.53. The number of nitrogens with one attached hydrogen (secondary N) is 1. The molecule has 0 unspecified atom stereocenters. The number of sulfonamides is 1. The first-order valence-corrected chi connectivity index (χ1v) is 10.0.